The van der Waals surface area contributed by atoms with Gasteiger partial charge in [0.25, 0.3) is 0 Å². The monoisotopic (exact) mass is 363 g/mol. The lowest BCUT2D eigenvalue weighted by molar-refractivity contribution is -0.144. The third kappa shape index (κ3) is 3.19. The molecule has 3 saturated heterocycles. The van der Waals surface area contributed by atoms with E-state index >= 15 is 0 Å². The maximum atomic E-state index is 13.0. The van der Waals surface area contributed by atoms with E-state index in [9.17, 15) is 9.59 Å². The standard InChI is InChI=1S/C18H25N3O3S/c1-12-16(25-11-19-12)4-5-17(22)21-13-6-9-24-15(13)10-14(21)18(23)20-7-2-3-8-20/h11,13-15H,2-10H2,1H3/t13-,14-,15-/m0/s1. The van der Waals surface area contributed by atoms with Crippen LogP contribution in [-0.2, 0) is 20.7 Å². The van der Waals surface area contributed by atoms with Crippen molar-refractivity contribution in [3.63, 3.8) is 0 Å². The van der Waals surface area contributed by atoms with Gasteiger partial charge in [0.2, 0.25) is 11.8 Å². The van der Waals surface area contributed by atoms with E-state index in [2.05, 4.69) is 4.98 Å². The normalized spacial score (nSPS) is 28.6. The zero-order valence-electron chi connectivity index (χ0n) is 14.6. The van der Waals surface area contributed by atoms with Gasteiger partial charge in [0, 0.05) is 37.4 Å². The molecule has 6 nitrogen and oxygen atoms in total. The first kappa shape index (κ1) is 17.0. The first-order chi connectivity index (χ1) is 12.1. The van der Waals surface area contributed by atoms with Gasteiger partial charge in [-0.2, -0.15) is 0 Å². The molecule has 3 fully saturated rings. The number of hydrogen-bond acceptors (Lipinski definition) is 5. The Morgan fingerprint density at radius 2 is 2.16 bits per heavy atom. The second kappa shape index (κ2) is 7.03. The van der Waals surface area contributed by atoms with Crippen LogP contribution >= 0.6 is 11.3 Å². The summed E-state index contributed by atoms with van der Waals surface area (Å²) < 4.78 is 5.80. The van der Waals surface area contributed by atoms with Crippen molar-refractivity contribution in [1.82, 2.24) is 14.8 Å². The number of ether oxygens (including phenoxy) is 1. The fraction of sp³-hybridized carbons (Fsp3) is 0.722. The van der Waals surface area contributed by atoms with Crippen LogP contribution in [0, 0.1) is 6.92 Å². The Morgan fingerprint density at radius 3 is 2.88 bits per heavy atom. The number of hydrogen-bond donors (Lipinski definition) is 0. The van der Waals surface area contributed by atoms with Crippen molar-refractivity contribution in [2.45, 2.75) is 63.6 Å². The largest absolute Gasteiger partial charge is 0.376 e. The molecule has 7 heteroatoms. The lowest BCUT2D eigenvalue weighted by Crippen LogP contribution is -2.49. The SMILES string of the molecule is Cc1ncsc1CCC(=O)N1[C@H](C(=O)N2CCCC2)C[C@@H]2OCC[C@@H]21. The lowest BCUT2D eigenvalue weighted by Gasteiger charge is -2.31. The second-order valence-electron chi connectivity index (χ2n) is 7.21. The third-order valence-electron chi connectivity index (χ3n) is 5.72. The maximum Gasteiger partial charge on any atom is 0.245 e. The molecule has 4 rings (SSSR count). The average Bonchev–Trinajstić information content (AvgIpc) is 3.36. The van der Waals surface area contributed by atoms with E-state index in [1.165, 1.54) is 0 Å². The van der Waals surface area contributed by atoms with Gasteiger partial charge in [0.15, 0.2) is 0 Å². The summed E-state index contributed by atoms with van der Waals surface area (Å²) in [6.45, 7) is 4.33. The van der Waals surface area contributed by atoms with Crippen LogP contribution in [0.1, 0.15) is 42.7 Å². The molecule has 3 aliphatic rings. The maximum absolute atomic E-state index is 13.0. The number of fused-ring (bicyclic) bond motifs is 1. The molecule has 2 amide bonds. The molecule has 3 aliphatic heterocycles. The minimum absolute atomic E-state index is 0.0330. The Kier molecular flexibility index (Phi) is 4.78. The summed E-state index contributed by atoms with van der Waals surface area (Å²) in [6, 6.07) is -0.255. The van der Waals surface area contributed by atoms with E-state index in [0.717, 1.165) is 42.9 Å². The Bertz CT molecular complexity index is 656. The molecular weight excluding hydrogens is 338 g/mol. The predicted octanol–water partition coefficient (Wildman–Crippen LogP) is 1.76. The van der Waals surface area contributed by atoms with Gasteiger partial charge in [0.05, 0.1) is 23.4 Å². The van der Waals surface area contributed by atoms with Gasteiger partial charge >= 0.3 is 0 Å². The number of nitrogens with zero attached hydrogens (tertiary/aromatic N) is 3. The van der Waals surface area contributed by atoms with Crippen molar-refractivity contribution in [3.8, 4) is 0 Å². The number of thiazole rings is 1. The number of likely N-dealkylation sites (tertiary alicyclic amines) is 2. The fourth-order valence-corrected chi connectivity index (χ4v) is 5.17. The number of carbonyl (C=O) groups excluding carboxylic acids is 2. The van der Waals surface area contributed by atoms with Crippen molar-refractivity contribution < 1.29 is 14.3 Å². The number of aryl methyl sites for hydroxylation is 2. The van der Waals surface area contributed by atoms with Crippen LogP contribution in [-0.4, -0.2) is 64.5 Å². The summed E-state index contributed by atoms with van der Waals surface area (Å²) in [7, 11) is 0. The summed E-state index contributed by atoms with van der Waals surface area (Å²) in [5, 5.41) is 0. The Labute approximate surface area is 152 Å². The van der Waals surface area contributed by atoms with Gasteiger partial charge in [-0.25, -0.2) is 4.98 Å². The lowest BCUT2D eigenvalue weighted by atomic mass is 10.1. The van der Waals surface area contributed by atoms with Gasteiger partial charge in [0.1, 0.15) is 6.04 Å². The van der Waals surface area contributed by atoms with Crippen molar-refractivity contribution in [2.75, 3.05) is 19.7 Å². The van der Waals surface area contributed by atoms with Crippen LogP contribution in [0.3, 0.4) is 0 Å². The van der Waals surface area contributed by atoms with Crippen molar-refractivity contribution in [2.24, 2.45) is 0 Å². The minimum Gasteiger partial charge on any atom is -0.376 e. The van der Waals surface area contributed by atoms with Crippen LogP contribution in [0.25, 0.3) is 0 Å². The van der Waals surface area contributed by atoms with Gasteiger partial charge in [-0.05, 0) is 32.6 Å². The van der Waals surface area contributed by atoms with E-state index in [1.807, 2.05) is 22.2 Å². The smallest absolute Gasteiger partial charge is 0.245 e. The Balaban J connectivity index is 1.47. The molecule has 0 unspecified atom stereocenters. The zero-order chi connectivity index (χ0) is 17.4. The Hall–Kier alpha value is -1.47. The topological polar surface area (TPSA) is 62.7 Å². The molecule has 0 radical (unpaired) electrons. The molecular formula is C18H25N3O3S. The summed E-state index contributed by atoms with van der Waals surface area (Å²) in [5.74, 6) is 0.209. The molecule has 3 atom stereocenters. The molecule has 0 saturated carbocycles. The van der Waals surface area contributed by atoms with Gasteiger partial charge in [-0.15, -0.1) is 11.3 Å². The highest BCUT2D eigenvalue weighted by Gasteiger charge is 2.50. The highest BCUT2D eigenvalue weighted by Crippen LogP contribution is 2.35. The van der Waals surface area contributed by atoms with Crippen molar-refractivity contribution >= 4 is 23.2 Å². The molecule has 0 aromatic carbocycles. The summed E-state index contributed by atoms with van der Waals surface area (Å²) >= 11 is 1.60. The summed E-state index contributed by atoms with van der Waals surface area (Å²) in [4.78, 5) is 35.2. The third-order valence-corrected chi connectivity index (χ3v) is 6.72. The molecule has 4 heterocycles. The van der Waals surface area contributed by atoms with E-state index in [-0.39, 0.29) is 30.0 Å². The molecule has 136 valence electrons. The number of amides is 2. The number of carbonyl (C=O) groups is 2. The highest BCUT2D eigenvalue weighted by molar-refractivity contribution is 7.09. The quantitative estimate of drug-likeness (QED) is 0.818. The number of aromatic nitrogens is 1. The molecule has 0 spiro atoms. The molecule has 0 aliphatic carbocycles. The van der Waals surface area contributed by atoms with E-state index in [1.54, 1.807) is 11.3 Å². The molecule has 25 heavy (non-hydrogen) atoms. The van der Waals surface area contributed by atoms with Crippen LogP contribution in [0.2, 0.25) is 0 Å². The summed E-state index contributed by atoms with van der Waals surface area (Å²) in [5.41, 5.74) is 2.83. The first-order valence-electron chi connectivity index (χ1n) is 9.25. The van der Waals surface area contributed by atoms with Crippen molar-refractivity contribution in [3.05, 3.63) is 16.1 Å². The van der Waals surface area contributed by atoms with Gasteiger partial charge in [-0.1, -0.05) is 0 Å². The zero-order valence-corrected chi connectivity index (χ0v) is 15.5. The average molecular weight is 363 g/mol. The van der Waals surface area contributed by atoms with Crippen LogP contribution in [0.15, 0.2) is 5.51 Å². The minimum atomic E-state index is -0.330. The van der Waals surface area contributed by atoms with E-state index in [4.69, 9.17) is 4.74 Å². The molecule has 0 bridgehead atoms. The fourth-order valence-electron chi connectivity index (χ4n) is 4.39. The van der Waals surface area contributed by atoms with Crippen LogP contribution in [0.4, 0.5) is 0 Å². The summed E-state index contributed by atoms with van der Waals surface area (Å²) in [6.07, 6.45) is 4.82. The van der Waals surface area contributed by atoms with E-state index in [0.29, 0.717) is 25.9 Å². The van der Waals surface area contributed by atoms with Gasteiger partial charge in [-0.3, -0.25) is 9.59 Å². The van der Waals surface area contributed by atoms with Crippen LogP contribution < -0.4 is 0 Å². The van der Waals surface area contributed by atoms with Crippen molar-refractivity contribution in [1.29, 1.82) is 0 Å². The predicted molar refractivity (Wildman–Crippen MR) is 94.4 cm³/mol. The van der Waals surface area contributed by atoms with Crippen LogP contribution in [0.5, 0.6) is 0 Å². The Morgan fingerprint density at radius 1 is 1.36 bits per heavy atom. The molecule has 0 N–H and O–H groups in total. The molecule has 1 aromatic rings. The van der Waals surface area contributed by atoms with Gasteiger partial charge < -0.3 is 14.5 Å². The second-order valence-corrected chi connectivity index (χ2v) is 8.15. The first-order valence-corrected chi connectivity index (χ1v) is 10.1. The number of rotatable bonds is 4. The van der Waals surface area contributed by atoms with E-state index < -0.39 is 0 Å². The highest BCUT2D eigenvalue weighted by atomic mass is 32.1. The molecule has 1 aromatic heterocycles.